The Bertz CT molecular complexity index is 2220. The molecule has 3 aliphatic carbocycles. The van der Waals surface area contributed by atoms with E-state index in [9.17, 15) is 35.9 Å². The highest BCUT2D eigenvalue weighted by Gasteiger charge is 2.87. The van der Waals surface area contributed by atoms with E-state index >= 15 is 0 Å². The maximum absolute atomic E-state index is 13.2. The molecule has 0 bridgehead atoms. The fraction of sp³-hybridized carbons (Fsp3) is 0.458. The Morgan fingerprint density at radius 2 is 1.00 bits per heavy atom. The van der Waals surface area contributed by atoms with Gasteiger partial charge in [0.15, 0.2) is 0 Å². The van der Waals surface area contributed by atoms with Gasteiger partial charge in [-0.2, -0.15) is 26.3 Å². The summed E-state index contributed by atoms with van der Waals surface area (Å²) in [5, 5.41) is 0. The van der Waals surface area contributed by atoms with Crippen molar-refractivity contribution in [2.75, 3.05) is 62.2 Å². The Morgan fingerprint density at radius 3 is 1.45 bits per heavy atom. The van der Waals surface area contributed by atoms with Crippen molar-refractivity contribution in [2.24, 2.45) is 11.3 Å². The second-order valence-electron chi connectivity index (χ2n) is 17.7. The third kappa shape index (κ3) is 7.98. The fourth-order valence-electron chi connectivity index (χ4n) is 9.66. The van der Waals surface area contributed by atoms with Crippen LogP contribution in [0.4, 0.5) is 37.7 Å². The van der Waals surface area contributed by atoms with Gasteiger partial charge in [0, 0.05) is 75.1 Å². The molecule has 4 aromatic carbocycles. The summed E-state index contributed by atoms with van der Waals surface area (Å²) in [6, 6.07) is 24.8. The maximum atomic E-state index is 13.2. The van der Waals surface area contributed by atoms with Gasteiger partial charge >= 0.3 is 12.4 Å². The first-order valence-corrected chi connectivity index (χ1v) is 21.0. The van der Waals surface area contributed by atoms with Gasteiger partial charge in [-0.05, 0) is 106 Å². The molecule has 5 fully saturated rings. The molecule has 0 N–H and O–H groups in total. The van der Waals surface area contributed by atoms with Crippen molar-refractivity contribution in [2.45, 2.75) is 77.1 Å². The van der Waals surface area contributed by atoms with E-state index in [2.05, 4.69) is 62.4 Å². The van der Waals surface area contributed by atoms with Crippen LogP contribution in [0.2, 0.25) is 0 Å². The van der Waals surface area contributed by atoms with Gasteiger partial charge in [-0.15, -0.1) is 0 Å². The number of halogens is 6. The number of aryl methyl sites for hydroxylation is 4. The molecule has 0 radical (unpaired) electrons. The van der Waals surface area contributed by atoms with Crippen LogP contribution in [0.15, 0.2) is 84.9 Å². The van der Waals surface area contributed by atoms with Crippen LogP contribution in [-0.4, -0.2) is 74.0 Å². The lowest BCUT2D eigenvalue weighted by Crippen LogP contribution is -2.52. The number of anilines is 2. The zero-order valence-corrected chi connectivity index (χ0v) is 34.6. The summed E-state index contributed by atoms with van der Waals surface area (Å²) in [5.41, 5.74) is 6.44. The molecule has 5 aliphatic rings. The van der Waals surface area contributed by atoms with Gasteiger partial charge in [0.2, 0.25) is 11.8 Å². The molecular formula is C48H52F6N4O2. The number of hydrogen-bond acceptors (Lipinski definition) is 4. The molecule has 318 valence electrons. The fourth-order valence-corrected chi connectivity index (χ4v) is 9.66. The van der Waals surface area contributed by atoms with Gasteiger partial charge < -0.3 is 19.6 Å². The molecule has 2 aliphatic heterocycles. The molecule has 0 atom stereocenters. The summed E-state index contributed by atoms with van der Waals surface area (Å²) in [6.45, 7) is 12.2. The molecular weight excluding hydrogens is 779 g/mol. The van der Waals surface area contributed by atoms with Gasteiger partial charge in [-0.25, -0.2) is 0 Å². The molecule has 3 saturated carbocycles. The van der Waals surface area contributed by atoms with Crippen LogP contribution in [-0.2, 0) is 27.4 Å². The van der Waals surface area contributed by atoms with Crippen molar-refractivity contribution in [1.82, 2.24) is 9.80 Å². The van der Waals surface area contributed by atoms with Gasteiger partial charge in [0.25, 0.3) is 0 Å². The number of rotatable bonds is 6. The monoisotopic (exact) mass is 830 g/mol. The summed E-state index contributed by atoms with van der Waals surface area (Å²) >= 11 is 0. The first kappa shape index (κ1) is 41.7. The quantitative estimate of drug-likeness (QED) is 0.182. The highest BCUT2D eigenvalue weighted by Crippen LogP contribution is 2.86. The Kier molecular flexibility index (Phi) is 10.8. The minimum absolute atomic E-state index is 0.0343. The lowest BCUT2D eigenvalue weighted by Gasteiger charge is -2.42. The van der Waals surface area contributed by atoms with Crippen LogP contribution in [0.25, 0.3) is 0 Å². The van der Waals surface area contributed by atoms with E-state index in [0.29, 0.717) is 69.7 Å². The highest BCUT2D eigenvalue weighted by atomic mass is 19.4. The van der Waals surface area contributed by atoms with E-state index in [4.69, 9.17) is 0 Å². The second-order valence-corrected chi connectivity index (χ2v) is 17.7. The van der Waals surface area contributed by atoms with E-state index in [-0.39, 0.29) is 28.6 Å². The molecule has 12 heteroatoms. The zero-order chi connectivity index (χ0) is 42.8. The van der Waals surface area contributed by atoms with Crippen molar-refractivity contribution in [1.29, 1.82) is 0 Å². The highest BCUT2D eigenvalue weighted by molar-refractivity contribution is 5.95. The molecule has 60 heavy (non-hydrogen) atoms. The number of benzene rings is 4. The van der Waals surface area contributed by atoms with Gasteiger partial charge in [-0.1, -0.05) is 71.8 Å². The number of hydrogen-bond donors (Lipinski definition) is 0. The van der Waals surface area contributed by atoms with Crippen LogP contribution in [0, 0.1) is 39.0 Å². The number of amides is 2. The third-order valence-corrected chi connectivity index (χ3v) is 13.8. The topological polar surface area (TPSA) is 47.1 Å². The summed E-state index contributed by atoms with van der Waals surface area (Å²) < 4.78 is 78.5. The summed E-state index contributed by atoms with van der Waals surface area (Å²) in [4.78, 5) is 33.8. The standard InChI is InChI=1S/C24H25F3N2O.C24H27F3N2O/c1-16-3-6-18(7-4-16)22-14-23(22,15-22)21(30)29-11-9-28(10-12-29)20-13-19(24(25,26)27)8-5-17(20)2;1-16-3-6-18(7-4-16)19-13-20(14-19)23(30)29-11-9-28(10-12-29)22-15-21(24(25,26)27)8-5-17(22)2/h3-8,13H,9-12,14-15H2,1-2H3;3-8,15,19-20H,9-14H2,1-2H3. The van der Waals surface area contributed by atoms with Crippen molar-refractivity contribution in [3.63, 3.8) is 0 Å². The number of piperazine rings is 2. The Balaban J connectivity index is 0.000000166. The zero-order valence-electron chi connectivity index (χ0n) is 34.6. The molecule has 6 nitrogen and oxygen atoms in total. The lowest BCUT2D eigenvalue weighted by atomic mass is 9.70. The van der Waals surface area contributed by atoms with Crippen LogP contribution in [0.3, 0.4) is 0 Å². The first-order chi connectivity index (χ1) is 28.4. The SMILES string of the molecule is Cc1ccc(C23CC2(C(=O)N2CCN(c4cc(C(F)(F)F)ccc4C)CC2)C3)cc1.Cc1ccc(C2CC(C(=O)N3CCN(c4cc(C(F)(F)F)ccc4C)CC3)C2)cc1. The number of carbonyl (C=O) groups excluding carboxylic acids is 2. The third-order valence-electron chi connectivity index (χ3n) is 13.8. The van der Waals surface area contributed by atoms with Crippen LogP contribution in [0.5, 0.6) is 0 Å². The van der Waals surface area contributed by atoms with Crippen LogP contribution in [0.1, 0.15) is 76.1 Å². The largest absolute Gasteiger partial charge is 0.416 e. The Morgan fingerprint density at radius 1 is 0.567 bits per heavy atom. The van der Waals surface area contributed by atoms with E-state index in [1.807, 2.05) is 33.4 Å². The summed E-state index contributed by atoms with van der Waals surface area (Å²) in [7, 11) is 0. The molecule has 9 rings (SSSR count). The van der Waals surface area contributed by atoms with Crippen LogP contribution >= 0.6 is 0 Å². The number of carbonyl (C=O) groups is 2. The average molecular weight is 831 g/mol. The molecule has 0 aromatic heterocycles. The maximum Gasteiger partial charge on any atom is 0.416 e. The van der Waals surface area contributed by atoms with Crippen molar-refractivity contribution in [3.05, 3.63) is 129 Å². The van der Waals surface area contributed by atoms with Gasteiger partial charge in [-0.3, -0.25) is 9.59 Å². The molecule has 2 heterocycles. The summed E-state index contributed by atoms with van der Waals surface area (Å²) in [5.74, 6) is 0.939. The number of alkyl halides is 6. The minimum Gasteiger partial charge on any atom is -0.368 e. The average Bonchev–Trinajstić information content (AvgIpc) is 4.07. The Labute approximate surface area is 348 Å². The van der Waals surface area contributed by atoms with E-state index in [0.717, 1.165) is 48.9 Å². The Hall–Kier alpha value is -5.00. The second kappa shape index (κ2) is 15.5. The predicted molar refractivity (Wildman–Crippen MR) is 221 cm³/mol. The smallest absolute Gasteiger partial charge is 0.368 e. The normalized spacial score (nSPS) is 24.8. The number of nitrogens with zero attached hydrogens (tertiary/aromatic N) is 4. The molecule has 2 saturated heterocycles. The summed E-state index contributed by atoms with van der Waals surface area (Å²) in [6.07, 6.45) is -5.08. The molecule has 0 unspecified atom stereocenters. The molecule has 2 amide bonds. The molecule has 0 spiro atoms. The predicted octanol–water partition coefficient (Wildman–Crippen LogP) is 9.87. The van der Waals surface area contributed by atoms with Crippen molar-refractivity contribution < 1.29 is 35.9 Å². The first-order valence-electron chi connectivity index (χ1n) is 21.0. The van der Waals surface area contributed by atoms with Crippen LogP contribution < -0.4 is 9.80 Å². The minimum atomic E-state index is -4.35. The van der Waals surface area contributed by atoms with Crippen molar-refractivity contribution in [3.8, 4) is 0 Å². The lowest BCUT2D eigenvalue weighted by molar-refractivity contribution is -0.139. The van der Waals surface area contributed by atoms with Gasteiger partial charge in [0.1, 0.15) is 0 Å². The van der Waals surface area contributed by atoms with E-state index < -0.39 is 23.5 Å². The molecule has 4 aromatic rings. The van der Waals surface area contributed by atoms with E-state index in [1.165, 1.54) is 46.5 Å². The van der Waals surface area contributed by atoms with E-state index in [1.54, 1.807) is 0 Å². The van der Waals surface area contributed by atoms with Gasteiger partial charge in [0.05, 0.1) is 16.5 Å². The van der Waals surface area contributed by atoms with Crippen molar-refractivity contribution >= 4 is 23.2 Å². The number of fused-ring (bicyclic) bond motifs is 1.